The van der Waals surface area contributed by atoms with Crippen LogP contribution in [0.1, 0.15) is 22.3 Å². The molecular weight excluding hydrogens is 428 g/mol. The van der Waals surface area contributed by atoms with Crippen LogP contribution in [0.25, 0.3) is 60.7 Å². The molecule has 0 N–H and O–H groups in total. The van der Waals surface area contributed by atoms with E-state index in [1.807, 2.05) is 24.7 Å². The number of hydrogen-bond acceptors (Lipinski definition) is 3. The van der Waals surface area contributed by atoms with E-state index >= 15 is 0 Å². The van der Waals surface area contributed by atoms with Gasteiger partial charge in [-0.15, -0.1) is 0 Å². The molecule has 0 bridgehead atoms. The van der Waals surface area contributed by atoms with Crippen LogP contribution in [0.3, 0.4) is 0 Å². The highest BCUT2D eigenvalue weighted by atomic mass is 15.0. The van der Waals surface area contributed by atoms with Gasteiger partial charge in [-0.05, 0) is 75.2 Å². The summed E-state index contributed by atoms with van der Waals surface area (Å²) < 4.78 is 2.24. The minimum Gasteiger partial charge on any atom is -0.289 e. The van der Waals surface area contributed by atoms with E-state index in [9.17, 15) is 0 Å². The monoisotopic (exact) mass is 446 g/mol. The molecule has 0 unspecified atom stereocenters. The van der Waals surface area contributed by atoms with Crippen molar-refractivity contribution in [3.8, 4) is 22.3 Å². The number of rotatable bonds is 0. The Hall–Kier alpha value is -4.57. The van der Waals surface area contributed by atoms with Crippen LogP contribution < -0.4 is 0 Å². The van der Waals surface area contributed by atoms with Gasteiger partial charge in [-0.25, -0.2) is 4.98 Å². The van der Waals surface area contributed by atoms with Crippen LogP contribution in [-0.4, -0.2) is 19.4 Å². The first-order chi connectivity index (χ1) is 17.3. The number of pyridine rings is 3. The lowest BCUT2D eigenvalue weighted by Crippen LogP contribution is -1.93. The maximum atomic E-state index is 5.24. The van der Waals surface area contributed by atoms with Gasteiger partial charge in [0.1, 0.15) is 5.52 Å². The van der Waals surface area contributed by atoms with Crippen LogP contribution in [-0.2, 0) is 12.8 Å². The summed E-state index contributed by atoms with van der Waals surface area (Å²) in [4.78, 5) is 14.4. The summed E-state index contributed by atoms with van der Waals surface area (Å²) >= 11 is 0. The minimum atomic E-state index is 0.900. The van der Waals surface area contributed by atoms with Crippen molar-refractivity contribution in [3.05, 3.63) is 108 Å². The van der Waals surface area contributed by atoms with Gasteiger partial charge in [-0.3, -0.25) is 14.4 Å². The number of hydrogen-bond donors (Lipinski definition) is 0. The number of aromatic nitrogens is 4. The Morgan fingerprint density at radius 2 is 1.54 bits per heavy atom. The molecule has 0 saturated heterocycles. The molecule has 0 spiro atoms. The van der Waals surface area contributed by atoms with Crippen molar-refractivity contribution in [3.63, 3.8) is 0 Å². The van der Waals surface area contributed by atoms with Crippen molar-refractivity contribution >= 4 is 38.5 Å². The highest BCUT2D eigenvalue weighted by Crippen LogP contribution is 2.46. The van der Waals surface area contributed by atoms with E-state index in [4.69, 9.17) is 9.97 Å². The van der Waals surface area contributed by atoms with Crippen LogP contribution in [0, 0.1) is 0 Å². The molecule has 4 heterocycles. The maximum absolute atomic E-state index is 5.24. The van der Waals surface area contributed by atoms with Crippen molar-refractivity contribution in [1.29, 1.82) is 0 Å². The van der Waals surface area contributed by atoms with Crippen LogP contribution in [0.2, 0.25) is 0 Å². The lowest BCUT2D eigenvalue weighted by Gasteiger charge is -2.08. The molecule has 0 saturated carbocycles. The first kappa shape index (κ1) is 17.8. The summed E-state index contributed by atoms with van der Waals surface area (Å²) in [5.41, 5.74) is 16.1. The maximum Gasteiger partial charge on any atom is 0.165 e. The summed E-state index contributed by atoms with van der Waals surface area (Å²) in [7, 11) is 0. The predicted octanol–water partition coefficient (Wildman–Crippen LogP) is 6.73. The van der Waals surface area contributed by atoms with Crippen molar-refractivity contribution in [2.75, 3.05) is 0 Å². The lowest BCUT2D eigenvalue weighted by molar-refractivity contribution is 1.22. The summed E-state index contributed by atoms with van der Waals surface area (Å²) in [5.74, 6) is 0. The second-order valence-corrected chi connectivity index (χ2v) is 9.70. The van der Waals surface area contributed by atoms with Crippen LogP contribution >= 0.6 is 0 Å². The largest absolute Gasteiger partial charge is 0.289 e. The van der Waals surface area contributed by atoms with Crippen LogP contribution in [0.5, 0.6) is 0 Å². The number of imidazole rings is 1. The number of nitrogens with zero attached hydrogens (tertiary/aromatic N) is 4. The molecule has 0 aliphatic heterocycles. The van der Waals surface area contributed by atoms with Crippen molar-refractivity contribution in [2.45, 2.75) is 12.8 Å². The van der Waals surface area contributed by atoms with E-state index in [0.717, 1.165) is 51.3 Å². The predicted molar refractivity (Wildman–Crippen MR) is 140 cm³/mol. The third-order valence-corrected chi connectivity index (χ3v) is 7.96. The molecule has 2 aliphatic rings. The molecule has 3 aromatic carbocycles. The van der Waals surface area contributed by atoms with E-state index in [1.54, 1.807) is 0 Å². The van der Waals surface area contributed by atoms with Gasteiger partial charge >= 0.3 is 0 Å². The second kappa shape index (κ2) is 6.10. The molecule has 35 heavy (non-hydrogen) atoms. The molecule has 2 aliphatic carbocycles. The standard InChI is InChI=1S/C31H18N4/c1-2-5-20-17(4-1)12-18-13-19-14-26-21(25(19)15-24(18)20)7-8-27-29(26)34-31-30-23(6-3-10-33-30)22-9-11-32-16-28(22)35(27)31/h1-11,13,15-16H,12,14H2. The zero-order valence-corrected chi connectivity index (χ0v) is 18.8. The van der Waals surface area contributed by atoms with Crippen LogP contribution in [0.15, 0.2) is 85.3 Å². The zero-order chi connectivity index (χ0) is 22.7. The van der Waals surface area contributed by atoms with Crippen molar-refractivity contribution < 1.29 is 0 Å². The van der Waals surface area contributed by atoms with Crippen molar-refractivity contribution in [1.82, 2.24) is 19.4 Å². The summed E-state index contributed by atoms with van der Waals surface area (Å²) in [6, 6.07) is 24.4. The SMILES string of the molecule is c1ccc2c(c1)Cc1cc3c(cc1-2)-c1ccc2c(nc4c5ncccc5c5ccncc5n24)c1C3. The Bertz CT molecular complexity index is 2070. The van der Waals surface area contributed by atoms with Gasteiger partial charge in [0.25, 0.3) is 0 Å². The van der Waals surface area contributed by atoms with Gasteiger partial charge in [0.15, 0.2) is 5.65 Å². The van der Waals surface area contributed by atoms with Gasteiger partial charge < -0.3 is 0 Å². The van der Waals surface area contributed by atoms with E-state index in [1.165, 1.54) is 44.5 Å². The molecule has 0 fully saturated rings. The van der Waals surface area contributed by atoms with Gasteiger partial charge in [-0.1, -0.05) is 42.5 Å². The highest BCUT2D eigenvalue weighted by Gasteiger charge is 2.28. The Balaban J connectivity index is 1.36. The quantitative estimate of drug-likeness (QED) is 0.243. The fraction of sp³-hybridized carbons (Fsp3) is 0.0645. The minimum absolute atomic E-state index is 0.900. The Labute approximate surface area is 200 Å². The Kier molecular flexibility index (Phi) is 3.11. The van der Waals surface area contributed by atoms with Gasteiger partial charge in [0.05, 0.1) is 22.7 Å². The molecule has 7 aromatic rings. The van der Waals surface area contributed by atoms with E-state index in [-0.39, 0.29) is 0 Å². The van der Waals surface area contributed by atoms with Crippen molar-refractivity contribution in [2.24, 2.45) is 0 Å². The lowest BCUT2D eigenvalue weighted by atomic mass is 9.98. The molecular formula is C31H18N4. The van der Waals surface area contributed by atoms with Gasteiger partial charge in [0, 0.05) is 29.6 Å². The third kappa shape index (κ3) is 2.15. The van der Waals surface area contributed by atoms with Crippen LogP contribution in [0.4, 0.5) is 0 Å². The molecule has 4 nitrogen and oxygen atoms in total. The summed E-state index contributed by atoms with van der Waals surface area (Å²) in [5, 5.41) is 2.26. The smallest absolute Gasteiger partial charge is 0.165 e. The van der Waals surface area contributed by atoms with E-state index < -0.39 is 0 Å². The molecule has 9 rings (SSSR count). The zero-order valence-electron chi connectivity index (χ0n) is 18.8. The molecule has 162 valence electrons. The number of benzene rings is 3. The van der Waals surface area contributed by atoms with E-state index in [2.05, 4.69) is 70.0 Å². The first-order valence-corrected chi connectivity index (χ1v) is 12.0. The Morgan fingerprint density at radius 3 is 2.54 bits per heavy atom. The average molecular weight is 447 g/mol. The molecule has 0 amide bonds. The third-order valence-electron chi connectivity index (χ3n) is 7.96. The average Bonchev–Trinajstić information content (AvgIpc) is 3.58. The number of fused-ring (bicyclic) bond motifs is 15. The second-order valence-electron chi connectivity index (χ2n) is 9.70. The summed E-state index contributed by atoms with van der Waals surface area (Å²) in [6.07, 6.45) is 7.59. The first-order valence-electron chi connectivity index (χ1n) is 12.0. The van der Waals surface area contributed by atoms with E-state index in [0.29, 0.717) is 0 Å². The molecule has 4 heteroatoms. The van der Waals surface area contributed by atoms with Gasteiger partial charge in [0.2, 0.25) is 0 Å². The molecule has 0 radical (unpaired) electrons. The normalized spacial score (nSPS) is 13.5. The Morgan fingerprint density at radius 1 is 0.629 bits per heavy atom. The summed E-state index contributed by atoms with van der Waals surface area (Å²) in [6.45, 7) is 0. The molecule has 4 aromatic heterocycles. The molecule has 0 atom stereocenters. The fourth-order valence-electron chi connectivity index (χ4n) is 6.45. The fourth-order valence-corrected chi connectivity index (χ4v) is 6.45. The highest BCUT2D eigenvalue weighted by molar-refractivity contribution is 6.12. The van der Waals surface area contributed by atoms with Gasteiger partial charge in [-0.2, -0.15) is 0 Å². The topological polar surface area (TPSA) is 43.1 Å².